The fourth-order valence-electron chi connectivity index (χ4n) is 1.68. The van der Waals surface area contributed by atoms with Crippen LogP contribution in [0.25, 0.3) is 0 Å². The van der Waals surface area contributed by atoms with Gasteiger partial charge in [-0.3, -0.25) is 13.9 Å². The zero-order chi connectivity index (χ0) is 14.8. The fraction of sp³-hybridized carbons (Fsp3) is 0.636. The number of hydrogen-bond acceptors (Lipinski definition) is 4. The van der Waals surface area contributed by atoms with Crippen LogP contribution in [0.5, 0.6) is 0 Å². The van der Waals surface area contributed by atoms with Crippen molar-refractivity contribution in [3.05, 3.63) is 26.5 Å². The smallest absolute Gasteiger partial charge is 0.300 e. The summed E-state index contributed by atoms with van der Waals surface area (Å²) in [5.74, 6) is 0. The van der Waals surface area contributed by atoms with Gasteiger partial charge in [-0.1, -0.05) is 13.3 Å². The van der Waals surface area contributed by atoms with Crippen molar-refractivity contribution in [1.82, 2.24) is 13.9 Å². The van der Waals surface area contributed by atoms with Crippen molar-refractivity contribution in [2.75, 3.05) is 6.54 Å². The second-order valence-corrected chi connectivity index (χ2v) is 6.08. The summed E-state index contributed by atoms with van der Waals surface area (Å²) >= 11 is 0. The number of aromatic nitrogens is 2. The molecule has 0 saturated carbocycles. The SMILES string of the molecule is CCCCNS(=O)(=O)c1c(C)n(C)c(=O)n(C)c1=O. The zero-order valence-electron chi connectivity index (χ0n) is 11.6. The molecule has 1 aromatic rings. The van der Waals surface area contributed by atoms with Gasteiger partial charge in [0.05, 0.1) is 0 Å². The molecule has 0 atom stereocenters. The quantitative estimate of drug-likeness (QED) is 0.738. The van der Waals surface area contributed by atoms with E-state index in [2.05, 4.69) is 4.72 Å². The molecule has 0 spiro atoms. The summed E-state index contributed by atoms with van der Waals surface area (Å²) in [6, 6.07) is 0. The lowest BCUT2D eigenvalue weighted by Gasteiger charge is -2.12. The molecule has 19 heavy (non-hydrogen) atoms. The Balaban J connectivity index is 3.44. The van der Waals surface area contributed by atoms with Gasteiger partial charge in [0.2, 0.25) is 10.0 Å². The van der Waals surface area contributed by atoms with Gasteiger partial charge < -0.3 is 0 Å². The molecular formula is C11H19N3O4S. The number of nitrogens with zero attached hydrogens (tertiary/aromatic N) is 2. The average Bonchev–Trinajstić information content (AvgIpc) is 2.34. The lowest BCUT2D eigenvalue weighted by Crippen LogP contribution is -2.43. The van der Waals surface area contributed by atoms with Gasteiger partial charge in [-0.25, -0.2) is 17.9 Å². The van der Waals surface area contributed by atoms with Crippen LogP contribution in [0, 0.1) is 6.92 Å². The van der Waals surface area contributed by atoms with Gasteiger partial charge in [-0.2, -0.15) is 0 Å². The lowest BCUT2D eigenvalue weighted by atomic mass is 10.3. The molecule has 1 aromatic heterocycles. The second kappa shape index (κ2) is 5.70. The maximum absolute atomic E-state index is 12.1. The van der Waals surface area contributed by atoms with Crippen LogP contribution in [0.3, 0.4) is 0 Å². The van der Waals surface area contributed by atoms with Crippen LogP contribution in [0.1, 0.15) is 25.5 Å². The third kappa shape index (κ3) is 2.95. The first kappa shape index (κ1) is 15.6. The van der Waals surface area contributed by atoms with Crippen molar-refractivity contribution in [1.29, 1.82) is 0 Å². The van der Waals surface area contributed by atoms with Gasteiger partial charge in [-0.05, 0) is 13.3 Å². The molecule has 0 saturated heterocycles. The van der Waals surface area contributed by atoms with E-state index in [1.165, 1.54) is 21.0 Å². The summed E-state index contributed by atoms with van der Waals surface area (Å²) in [5, 5.41) is 0. The van der Waals surface area contributed by atoms with Crippen molar-refractivity contribution in [3.63, 3.8) is 0 Å². The van der Waals surface area contributed by atoms with E-state index in [4.69, 9.17) is 0 Å². The van der Waals surface area contributed by atoms with E-state index >= 15 is 0 Å². The number of unbranched alkanes of at least 4 members (excludes halogenated alkanes) is 1. The molecule has 1 N–H and O–H groups in total. The highest BCUT2D eigenvalue weighted by atomic mass is 32.2. The van der Waals surface area contributed by atoms with E-state index in [1.807, 2.05) is 6.92 Å². The highest BCUT2D eigenvalue weighted by Crippen LogP contribution is 2.07. The van der Waals surface area contributed by atoms with Gasteiger partial charge in [0.15, 0.2) is 4.90 Å². The molecule has 0 amide bonds. The maximum Gasteiger partial charge on any atom is 0.330 e. The van der Waals surface area contributed by atoms with Crippen LogP contribution in [0.4, 0.5) is 0 Å². The third-order valence-corrected chi connectivity index (χ3v) is 4.59. The Hall–Kier alpha value is -1.41. The topological polar surface area (TPSA) is 90.2 Å². The zero-order valence-corrected chi connectivity index (χ0v) is 12.4. The van der Waals surface area contributed by atoms with E-state index in [-0.39, 0.29) is 17.1 Å². The van der Waals surface area contributed by atoms with Gasteiger partial charge in [-0.15, -0.1) is 0 Å². The molecule has 8 heteroatoms. The van der Waals surface area contributed by atoms with Crippen LogP contribution in [-0.2, 0) is 24.1 Å². The van der Waals surface area contributed by atoms with Gasteiger partial charge in [0.1, 0.15) is 0 Å². The van der Waals surface area contributed by atoms with Crippen molar-refractivity contribution in [2.24, 2.45) is 14.1 Å². The van der Waals surface area contributed by atoms with Crippen molar-refractivity contribution < 1.29 is 8.42 Å². The van der Waals surface area contributed by atoms with Crippen molar-refractivity contribution >= 4 is 10.0 Å². The summed E-state index contributed by atoms with van der Waals surface area (Å²) in [6.45, 7) is 3.65. The fourth-order valence-corrected chi connectivity index (χ4v) is 3.13. The molecule has 7 nitrogen and oxygen atoms in total. The predicted octanol–water partition coefficient (Wildman–Crippen LogP) is -0.529. The van der Waals surface area contributed by atoms with Crippen LogP contribution in [0.2, 0.25) is 0 Å². The Kier molecular flexibility index (Phi) is 4.70. The van der Waals surface area contributed by atoms with Gasteiger partial charge >= 0.3 is 5.69 Å². The molecule has 0 radical (unpaired) electrons. The van der Waals surface area contributed by atoms with E-state index < -0.39 is 21.3 Å². The van der Waals surface area contributed by atoms with E-state index in [9.17, 15) is 18.0 Å². The Morgan fingerprint density at radius 2 is 1.74 bits per heavy atom. The third-order valence-electron chi connectivity index (χ3n) is 3.00. The largest absolute Gasteiger partial charge is 0.330 e. The Morgan fingerprint density at radius 1 is 1.16 bits per heavy atom. The molecule has 0 aliphatic heterocycles. The summed E-state index contributed by atoms with van der Waals surface area (Å²) in [4.78, 5) is 23.3. The highest BCUT2D eigenvalue weighted by molar-refractivity contribution is 7.89. The van der Waals surface area contributed by atoms with Crippen molar-refractivity contribution in [3.8, 4) is 0 Å². The molecule has 0 unspecified atom stereocenters. The minimum atomic E-state index is -3.90. The van der Waals surface area contributed by atoms with Gasteiger partial charge in [0, 0.05) is 26.3 Å². The molecule has 0 aromatic carbocycles. The summed E-state index contributed by atoms with van der Waals surface area (Å²) in [6.07, 6.45) is 1.52. The highest BCUT2D eigenvalue weighted by Gasteiger charge is 2.24. The Labute approximate surface area is 111 Å². The van der Waals surface area contributed by atoms with E-state index in [0.29, 0.717) is 6.42 Å². The van der Waals surface area contributed by atoms with Crippen LogP contribution < -0.4 is 16.0 Å². The molecule has 1 heterocycles. The van der Waals surface area contributed by atoms with Crippen molar-refractivity contribution in [2.45, 2.75) is 31.6 Å². The molecule has 108 valence electrons. The maximum atomic E-state index is 12.1. The monoisotopic (exact) mass is 289 g/mol. The second-order valence-electron chi connectivity index (χ2n) is 4.37. The number of sulfonamides is 1. The molecule has 0 bridgehead atoms. The van der Waals surface area contributed by atoms with Gasteiger partial charge in [0.25, 0.3) is 5.56 Å². The molecule has 0 fully saturated rings. The molecule has 1 rings (SSSR count). The summed E-state index contributed by atoms with van der Waals surface area (Å²) in [7, 11) is -1.21. The van der Waals surface area contributed by atoms with E-state index in [0.717, 1.165) is 15.6 Å². The number of nitrogens with one attached hydrogen (secondary N) is 1. The number of hydrogen-bond donors (Lipinski definition) is 1. The first-order valence-corrected chi connectivity index (χ1v) is 7.48. The molecular weight excluding hydrogens is 270 g/mol. The minimum Gasteiger partial charge on any atom is -0.300 e. The predicted molar refractivity (Wildman–Crippen MR) is 71.8 cm³/mol. The molecule has 0 aliphatic rings. The normalized spacial score (nSPS) is 11.8. The molecule has 0 aliphatic carbocycles. The Bertz CT molecular complexity index is 685. The van der Waals surface area contributed by atoms with Crippen LogP contribution in [0.15, 0.2) is 14.5 Å². The first-order chi connectivity index (χ1) is 8.74. The summed E-state index contributed by atoms with van der Waals surface area (Å²) in [5.41, 5.74) is -1.21. The first-order valence-electron chi connectivity index (χ1n) is 6.00. The van der Waals surface area contributed by atoms with Crippen LogP contribution >= 0.6 is 0 Å². The minimum absolute atomic E-state index is 0.136. The number of rotatable bonds is 5. The van der Waals surface area contributed by atoms with E-state index in [1.54, 1.807) is 0 Å². The lowest BCUT2D eigenvalue weighted by molar-refractivity contribution is 0.564. The average molecular weight is 289 g/mol. The standard InChI is InChI=1S/C11H19N3O4S/c1-5-6-7-12-19(17,18)9-8(2)13(3)11(16)14(4)10(9)15/h12H,5-7H2,1-4H3. The Morgan fingerprint density at radius 3 is 2.26 bits per heavy atom. The van der Waals surface area contributed by atoms with Crippen LogP contribution in [-0.4, -0.2) is 24.1 Å². The summed E-state index contributed by atoms with van der Waals surface area (Å²) < 4.78 is 28.6.